The second kappa shape index (κ2) is 10.6. The van der Waals surface area contributed by atoms with Crippen LogP contribution in [-0.2, 0) is 9.59 Å². The smallest absolute Gasteiger partial charge is 0.248 e. The molecule has 0 unspecified atom stereocenters. The summed E-state index contributed by atoms with van der Waals surface area (Å²) in [6, 6.07) is 13.6. The summed E-state index contributed by atoms with van der Waals surface area (Å²) >= 11 is 1.75. The summed E-state index contributed by atoms with van der Waals surface area (Å²) in [7, 11) is 0. The van der Waals surface area contributed by atoms with Gasteiger partial charge < -0.3 is 20.1 Å². The van der Waals surface area contributed by atoms with E-state index < -0.39 is 24.8 Å². The summed E-state index contributed by atoms with van der Waals surface area (Å²) in [6.07, 6.45) is 0.911. The van der Waals surface area contributed by atoms with Gasteiger partial charge in [-0.15, -0.1) is 11.3 Å². The zero-order valence-corrected chi connectivity index (χ0v) is 21.6. The fourth-order valence-corrected chi connectivity index (χ4v) is 5.87. The second-order valence-corrected chi connectivity index (χ2v) is 11.1. The van der Waals surface area contributed by atoms with Crippen LogP contribution in [-0.4, -0.2) is 58.8 Å². The van der Waals surface area contributed by atoms with Crippen molar-refractivity contribution in [2.24, 2.45) is 5.92 Å². The number of carbonyl (C=O) groups is 2. The van der Waals surface area contributed by atoms with Crippen molar-refractivity contribution in [3.63, 3.8) is 0 Å². The first-order chi connectivity index (χ1) is 17.8. The first-order valence-corrected chi connectivity index (χ1v) is 13.3. The molecule has 37 heavy (non-hydrogen) atoms. The Hall–Kier alpha value is -3.30. The highest BCUT2D eigenvalue weighted by atomic mass is 32.1. The maximum Gasteiger partial charge on any atom is 0.248 e. The van der Waals surface area contributed by atoms with Gasteiger partial charge in [-0.2, -0.15) is 0 Å². The SMILES string of the molecule is Cc1ccc([C@@H]2C[C@H]2C(=O)Nc2cc(-c3ccc(O[C@H]4CCN(C(=O)CO)C[C@H]4F)c(C)c3)ccn2)s1. The highest BCUT2D eigenvalue weighted by molar-refractivity contribution is 7.12. The molecule has 2 N–H and O–H groups in total. The van der Waals surface area contributed by atoms with Crippen LogP contribution in [0, 0.1) is 19.8 Å². The molecule has 5 rings (SSSR count). The molecule has 1 saturated carbocycles. The number of likely N-dealkylation sites (tertiary alicyclic amines) is 1. The van der Waals surface area contributed by atoms with Crippen LogP contribution in [0.2, 0.25) is 0 Å². The molecular formula is C28H30FN3O4S. The predicted octanol–water partition coefficient (Wildman–Crippen LogP) is 4.48. The Bertz CT molecular complexity index is 1310. The van der Waals surface area contributed by atoms with E-state index in [4.69, 9.17) is 9.84 Å². The monoisotopic (exact) mass is 523 g/mol. The van der Waals surface area contributed by atoms with Crippen molar-refractivity contribution in [3.8, 4) is 16.9 Å². The van der Waals surface area contributed by atoms with Crippen LogP contribution < -0.4 is 10.1 Å². The van der Waals surface area contributed by atoms with E-state index in [1.807, 2.05) is 37.3 Å². The molecule has 3 aromatic rings. The van der Waals surface area contributed by atoms with Crippen molar-refractivity contribution in [2.75, 3.05) is 25.0 Å². The Labute approximate surface area is 219 Å². The largest absolute Gasteiger partial charge is 0.487 e. The molecule has 1 saturated heterocycles. The van der Waals surface area contributed by atoms with Gasteiger partial charge in [0.05, 0.1) is 6.54 Å². The Morgan fingerprint density at radius 3 is 2.70 bits per heavy atom. The number of aryl methyl sites for hydroxylation is 2. The van der Waals surface area contributed by atoms with Gasteiger partial charge in [-0.3, -0.25) is 9.59 Å². The van der Waals surface area contributed by atoms with Crippen molar-refractivity contribution in [3.05, 3.63) is 64.0 Å². The summed E-state index contributed by atoms with van der Waals surface area (Å²) in [5.74, 6) is 0.901. The van der Waals surface area contributed by atoms with Crippen LogP contribution in [0.5, 0.6) is 5.75 Å². The number of carbonyl (C=O) groups excluding carboxylic acids is 2. The van der Waals surface area contributed by atoms with Gasteiger partial charge in [0.25, 0.3) is 0 Å². The Kier molecular flexibility index (Phi) is 7.26. The summed E-state index contributed by atoms with van der Waals surface area (Å²) in [4.78, 5) is 32.6. The van der Waals surface area contributed by atoms with E-state index in [-0.39, 0.29) is 18.4 Å². The number of halogens is 1. The van der Waals surface area contributed by atoms with Gasteiger partial charge in [0.1, 0.15) is 24.3 Å². The number of hydrogen-bond acceptors (Lipinski definition) is 6. The molecule has 194 valence electrons. The second-order valence-electron chi connectivity index (χ2n) is 9.76. The number of thiophene rings is 1. The lowest BCUT2D eigenvalue weighted by atomic mass is 10.0. The maximum absolute atomic E-state index is 14.6. The van der Waals surface area contributed by atoms with Crippen LogP contribution in [0.1, 0.15) is 34.1 Å². The molecule has 2 aromatic heterocycles. The number of rotatable bonds is 7. The Morgan fingerprint density at radius 2 is 2.00 bits per heavy atom. The normalized spacial score (nSPS) is 23.0. The molecule has 0 radical (unpaired) electrons. The van der Waals surface area contributed by atoms with E-state index in [1.54, 1.807) is 17.5 Å². The number of benzene rings is 1. The molecule has 0 spiro atoms. The number of aliphatic hydroxyl groups excluding tert-OH is 1. The first kappa shape index (κ1) is 25.4. The minimum absolute atomic E-state index is 0.00635. The molecule has 0 bridgehead atoms. The van der Waals surface area contributed by atoms with Crippen molar-refractivity contribution in [1.82, 2.24) is 9.88 Å². The first-order valence-electron chi connectivity index (χ1n) is 12.5. The Balaban J connectivity index is 1.21. The van der Waals surface area contributed by atoms with Crippen LogP contribution in [0.3, 0.4) is 0 Å². The lowest BCUT2D eigenvalue weighted by Crippen LogP contribution is -2.50. The molecule has 1 aromatic carbocycles. The number of alkyl halides is 1. The zero-order valence-electron chi connectivity index (χ0n) is 20.8. The number of nitrogens with zero attached hydrogens (tertiary/aromatic N) is 2. The van der Waals surface area contributed by atoms with Gasteiger partial charge in [-0.05, 0) is 73.4 Å². The van der Waals surface area contributed by atoms with E-state index in [1.165, 1.54) is 14.7 Å². The van der Waals surface area contributed by atoms with Gasteiger partial charge in [-0.25, -0.2) is 9.37 Å². The highest BCUT2D eigenvalue weighted by Crippen LogP contribution is 2.50. The highest BCUT2D eigenvalue weighted by Gasteiger charge is 2.44. The molecule has 4 atom stereocenters. The summed E-state index contributed by atoms with van der Waals surface area (Å²) < 4.78 is 20.6. The van der Waals surface area contributed by atoms with E-state index in [2.05, 4.69) is 29.4 Å². The molecule has 7 nitrogen and oxygen atoms in total. The Morgan fingerprint density at radius 1 is 1.19 bits per heavy atom. The quantitative estimate of drug-likeness (QED) is 0.477. The number of piperidine rings is 1. The average molecular weight is 524 g/mol. The summed E-state index contributed by atoms with van der Waals surface area (Å²) in [6.45, 7) is 3.63. The third kappa shape index (κ3) is 5.67. The van der Waals surface area contributed by atoms with Gasteiger partial charge >= 0.3 is 0 Å². The lowest BCUT2D eigenvalue weighted by Gasteiger charge is -2.34. The van der Waals surface area contributed by atoms with Gasteiger partial charge in [-0.1, -0.05) is 6.07 Å². The molecule has 2 fully saturated rings. The number of aliphatic hydroxyl groups is 1. The minimum Gasteiger partial charge on any atom is -0.487 e. The van der Waals surface area contributed by atoms with Gasteiger partial charge in [0, 0.05) is 40.8 Å². The zero-order chi connectivity index (χ0) is 26.1. The summed E-state index contributed by atoms with van der Waals surface area (Å²) in [5, 5.41) is 12.0. The molecule has 2 amide bonds. The predicted molar refractivity (Wildman–Crippen MR) is 141 cm³/mol. The minimum atomic E-state index is -1.33. The number of aromatic nitrogens is 1. The number of amides is 2. The van der Waals surface area contributed by atoms with Crippen LogP contribution >= 0.6 is 11.3 Å². The van der Waals surface area contributed by atoms with Crippen LogP contribution in [0.25, 0.3) is 11.1 Å². The number of ether oxygens (including phenoxy) is 1. The van der Waals surface area contributed by atoms with E-state index >= 15 is 0 Å². The number of nitrogens with one attached hydrogen (secondary N) is 1. The average Bonchev–Trinajstić information content (AvgIpc) is 3.59. The van der Waals surface area contributed by atoms with E-state index in [0.29, 0.717) is 30.5 Å². The number of hydrogen-bond donors (Lipinski definition) is 2. The van der Waals surface area contributed by atoms with Gasteiger partial charge in [0.15, 0.2) is 6.17 Å². The number of anilines is 1. The molecular weight excluding hydrogens is 493 g/mol. The van der Waals surface area contributed by atoms with E-state index in [9.17, 15) is 14.0 Å². The van der Waals surface area contributed by atoms with Crippen molar-refractivity contribution in [1.29, 1.82) is 0 Å². The fourth-order valence-electron chi connectivity index (χ4n) is 4.82. The van der Waals surface area contributed by atoms with Crippen molar-refractivity contribution >= 4 is 29.0 Å². The van der Waals surface area contributed by atoms with Crippen LogP contribution in [0.4, 0.5) is 10.2 Å². The third-order valence-corrected chi connectivity index (χ3v) is 8.15. The maximum atomic E-state index is 14.6. The lowest BCUT2D eigenvalue weighted by molar-refractivity contribution is -0.138. The van der Waals surface area contributed by atoms with Crippen molar-refractivity contribution in [2.45, 2.75) is 44.9 Å². The molecule has 3 heterocycles. The standard InChI is InChI=1S/C28H30FN3O4S/c1-16-11-18(4-5-23(16)36-24-8-10-32(14-22(24)29)27(34)15-33)19-7-9-30-26(12-19)31-28(35)21-13-20(21)25-6-3-17(2)37-25/h3-7,9,11-12,20-22,24,33H,8,10,13-15H2,1-2H3,(H,30,31,35)/t20-,21-,22-,24+/m1/s1. The van der Waals surface area contributed by atoms with Crippen molar-refractivity contribution < 1.29 is 23.8 Å². The molecule has 1 aliphatic carbocycles. The molecule has 2 aliphatic rings. The third-order valence-electron chi connectivity index (χ3n) is 7.02. The van der Waals surface area contributed by atoms with Gasteiger partial charge in [0.2, 0.25) is 11.8 Å². The number of pyridine rings is 1. The molecule has 1 aliphatic heterocycles. The summed E-state index contributed by atoms with van der Waals surface area (Å²) in [5.41, 5.74) is 2.69. The molecule has 9 heteroatoms. The topological polar surface area (TPSA) is 91.8 Å². The fraction of sp³-hybridized carbons (Fsp3) is 0.393. The van der Waals surface area contributed by atoms with E-state index in [0.717, 1.165) is 23.1 Å². The van der Waals surface area contributed by atoms with Crippen LogP contribution in [0.15, 0.2) is 48.7 Å².